The zero-order valence-electron chi connectivity index (χ0n) is 11.0. The van der Waals surface area contributed by atoms with E-state index >= 15 is 0 Å². The lowest BCUT2D eigenvalue weighted by Crippen LogP contribution is -2.10. The van der Waals surface area contributed by atoms with Gasteiger partial charge in [0, 0.05) is 18.2 Å². The molecule has 0 saturated heterocycles. The number of aromatic nitrogens is 3. The number of rotatable bonds is 2. The highest BCUT2D eigenvalue weighted by molar-refractivity contribution is 7.13. The summed E-state index contributed by atoms with van der Waals surface area (Å²) in [5, 5.41) is 17.5. The molecule has 0 aliphatic heterocycles. The third kappa shape index (κ3) is 1.81. The number of hydrogen-bond donors (Lipinski definition) is 1. The number of hydrogen-bond acceptors (Lipinski definition) is 5. The average Bonchev–Trinajstić information content (AvgIpc) is 3.15. The highest BCUT2D eigenvalue weighted by Gasteiger charge is 2.13. The van der Waals surface area contributed by atoms with Crippen LogP contribution in [0.4, 0.5) is 5.69 Å². The summed E-state index contributed by atoms with van der Waals surface area (Å²) in [6.07, 6.45) is 0. The summed E-state index contributed by atoms with van der Waals surface area (Å²) in [5.41, 5.74) is 1.34. The van der Waals surface area contributed by atoms with Crippen LogP contribution in [0, 0.1) is 10.1 Å². The minimum atomic E-state index is -0.525. The number of nitrogens with zero attached hydrogens (tertiary/aromatic N) is 3. The van der Waals surface area contributed by atoms with Gasteiger partial charge in [-0.1, -0.05) is 6.07 Å². The molecular weight excluding hydrogens is 304 g/mol. The number of H-pyrrole nitrogens is 1. The van der Waals surface area contributed by atoms with Gasteiger partial charge in [0.05, 0.1) is 20.7 Å². The molecule has 0 atom stereocenters. The van der Waals surface area contributed by atoms with Crippen molar-refractivity contribution in [2.45, 2.75) is 0 Å². The molecule has 22 heavy (non-hydrogen) atoms. The maximum Gasteiger partial charge on any atom is 0.270 e. The van der Waals surface area contributed by atoms with Crippen LogP contribution in [0.2, 0.25) is 0 Å². The number of thiophene rings is 1. The lowest BCUT2D eigenvalue weighted by molar-refractivity contribution is -0.384. The quantitative estimate of drug-likeness (QED) is 0.455. The van der Waals surface area contributed by atoms with Crippen molar-refractivity contribution < 1.29 is 4.92 Å². The molecule has 0 radical (unpaired) electrons. The molecule has 0 saturated carbocycles. The third-order valence-corrected chi connectivity index (χ3v) is 4.28. The minimum absolute atomic E-state index is 0.122. The van der Waals surface area contributed by atoms with Gasteiger partial charge in [-0.05, 0) is 17.5 Å². The Hall–Kier alpha value is -3.00. The summed E-state index contributed by atoms with van der Waals surface area (Å²) in [5.74, 6) is 0. The van der Waals surface area contributed by atoms with Gasteiger partial charge in [-0.15, -0.1) is 11.3 Å². The third-order valence-electron chi connectivity index (χ3n) is 3.39. The van der Waals surface area contributed by atoms with Crippen molar-refractivity contribution in [2.24, 2.45) is 0 Å². The van der Waals surface area contributed by atoms with E-state index in [1.54, 1.807) is 28.0 Å². The summed E-state index contributed by atoms with van der Waals surface area (Å²) in [6, 6.07) is 9.83. The van der Waals surface area contributed by atoms with Gasteiger partial charge in [0.1, 0.15) is 11.3 Å². The molecule has 108 valence electrons. The second kappa shape index (κ2) is 4.50. The molecular formula is C14H8N4O3S. The molecule has 0 bridgehead atoms. The van der Waals surface area contributed by atoms with Crippen LogP contribution in [0.5, 0.6) is 0 Å². The maximum absolute atomic E-state index is 12.1. The molecule has 1 N–H and O–H groups in total. The average molecular weight is 312 g/mol. The number of aromatic amines is 1. The summed E-state index contributed by atoms with van der Waals surface area (Å²) >= 11 is 1.55. The smallest absolute Gasteiger partial charge is 0.270 e. The van der Waals surface area contributed by atoms with Crippen LogP contribution in [0.3, 0.4) is 0 Å². The SMILES string of the molecule is O=c1[nH]c2cc(-c3cccs3)nn2c2ccc([N+](=O)[O-])cc12. The van der Waals surface area contributed by atoms with Crippen molar-refractivity contribution in [1.82, 2.24) is 14.6 Å². The van der Waals surface area contributed by atoms with Gasteiger partial charge in [-0.2, -0.15) is 5.10 Å². The molecule has 3 heterocycles. The summed E-state index contributed by atoms with van der Waals surface area (Å²) < 4.78 is 1.59. The van der Waals surface area contributed by atoms with Crippen molar-refractivity contribution >= 4 is 33.6 Å². The highest BCUT2D eigenvalue weighted by Crippen LogP contribution is 2.25. The topological polar surface area (TPSA) is 93.3 Å². The van der Waals surface area contributed by atoms with Gasteiger partial charge in [-0.3, -0.25) is 14.9 Å². The Labute approximate surface area is 126 Å². The van der Waals surface area contributed by atoms with Gasteiger partial charge >= 0.3 is 0 Å². The Morgan fingerprint density at radius 1 is 1.27 bits per heavy atom. The molecule has 8 heteroatoms. The number of non-ortho nitro benzene ring substituents is 1. The number of nitro benzene ring substituents is 1. The first-order valence-corrected chi connectivity index (χ1v) is 7.25. The summed E-state index contributed by atoms with van der Waals surface area (Å²) in [6.45, 7) is 0. The Bertz CT molecular complexity index is 1080. The summed E-state index contributed by atoms with van der Waals surface area (Å²) in [4.78, 5) is 26.2. The largest absolute Gasteiger partial charge is 0.306 e. The predicted molar refractivity (Wildman–Crippen MR) is 83.3 cm³/mol. The van der Waals surface area contributed by atoms with Crippen LogP contribution < -0.4 is 5.56 Å². The van der Waals surface area contributed by atoms with E-state index in [1.165, 1.54) is 12.1 Å². The Morgan fingerprint density at radius 3 is 2.86 bits per heavy atom. The van der Waals surface area contributed by atoms with Crippen LogP contribution in [0.15, 0.2) is 46.6 Å². The summed E-state index contributed by atoms with van der Waals surface area (Å²) in [7, 11) is 0. The number of fused-ring (bicyclic) bond motifs is 3. The molecule has 7 nitrogen and oxygen atoms in total. The van der Waals surface area contributed by atoms with E-state index in [2.05, 4.69) is 10.1 Å². The Morgan fingerprint density at radius 2 is 2.14 bits per heavy atom. The van der Waals surface area contributed by atoms with Crippen LogP contribution in [-0.2, 0) is 0 Å². The molecule has 0 amide bonds. The van der Waals surface area contributed by atoms with Gasteiger partial charge in [-0.25, -0.2) is 4.52 Å². The fraction of sp³-hybridized carbons (Fsp3) is 0. The standard InChI is InChI=1S/C14H8N4O3S/c19-14-9-6-8(18(20)21)3-4-11(9)17-13(15-14)7-10(16-17)12-2-1-5-22-12/h1-7H,(H,15,19). The molecule has 0 spiro atoms. The minimum Gasteiger partial charge on any atom is -0.306 e. The van der Waals surface area contributed by atoms with Crippen molar-refractivity contribution in [3.8, 4) is 10.6 Å². The second-order valence-electron chi connectivity index (χ2n) is 4.72. The molecule has 0 aliphatic carbocycles. The van der Waals surface area contributed by atoms with Gasteiger partial charge in [0.2, 0.25) is 0 Å². The molecule has 0 aliphatic rings. The first-order chi connectivity index (χ1) is 10.6. The monoisotopic (exact) mass is 312 g/mol. The van der Waals surface area contributed by atoms with E-state index in [9.17, 15) is 14.9 Å². The van der Waals surface area contributed by atoms with E-state index in [-0.39, 0.29) is 16.6 Å². The molecule has 0 fully saturated rings. The molecule has 0 unspecified atom stereocenters. The molecule has 3 aromatic heterocycles. The maximum atomic E-state index is 12.1. The number of nitro groups is 1. The van der Waals surface area contributed by atoms with Gasteiger partial charge in [0.25, 0.3) is 11.2 Å². The lowest BCUT2D eigenvalue weighted by atomic mass is 10.2. The van der Waals surface area contributed by atoms with Gasteiger partial charge in [0.15, 0.2) is 0 Å². The lowest BCUT2D eigenvalue weighted by Gasteiger charge is -2.00. The normalized spacial score (nSPS) is 11.3. The fourth-order valence-corrected chi connectivity index (χ4v) is 3.07. The van der Waals surface area contributed by atoms with Crippen molar-refractivity contribution in [1.29, 1.82) is 0 Å². The molecule has 4 aromatic rings. The van der Waals surface area contributed by atoms with E-state index in [0.717, 1.165) is 10.6 Å². The Balaban J connectivity index is 2.06. The Kier molecular flexibility index (Phi) is 2.60. The van der Waals surface area contributed by atoms with Crippen LogP contribution in [0.1, 0.15) is 0 Å². The van der Waals surface area contributed by atoms with E-state index < -0.39 is 4.92 Å². The zero-order valence-corrected chi connectivity index (χ0v) is 11.8. The van der Waals surface area contributed by atoms with Crippen LogP contribution >= 0.6 is 11.3 Å². The highest BCUT2D eigenvalue weighted by atomic mass is 32.1. The van der Waals surface area contributed by atoms with Crippen molar-refractivity contribution in [3.05, 3.63) is 62.2 Å². The molecule has 1 aromatic carbocycles. The number of benzene rings is 1. The first-order valence-electron chi connectivity index (χ1n) is 6.37. The van der Waals surface area contributed by atoms with E-state index in [0.29, 0.717) is 11.2 Å². The van der Waals surface area contributed by atoms with Gasteiger partial charge < -0.3 is 4.98 Å². The first kappa shape index (κ1) is 12.7. The van der Waals surface area contributed by atoms with Crippen LogP contribution in [0.25, 0.3) is 27.1 Å². The fourth-order valence-electron chi connectivity index (χ4n) is 2.39. The predicted octanol–water partition coefficient (Wildman–Crippen LogP) is 2.81. The second-order valence-corrected chi connectivity index (χ2v) is 5.66. The van der Waals surface area contributed by atoms with Crippen molar-refractivity contribution in [2.75, 3.05) is 0 Å². The zero-order chi connectivity index (χ0) is 15.3. The number of nitrogens with one attached hydrogen (secondary N) is 1. The molecule has 4 rings (SSSR count). The van der Waals surface area contributed by atoms with Crippen molar-refractivity contribution in [3.63, 3.8) is 0 Å². The van der Waals surface area contributed by atoms with E-state index in [1.807, 2.05) is 17.5 Å². The van der Waals surface area contributed by atoms with E-state index in [4.69, 9.17) is 0 Å². The van der Waals surface area contributed by atoms with Crippen LogP contribution in [-0.4, -0.2) is 19.5 Å².